The molecule has 0 saturated carbocycles. The Kier molecular flexibility index (Phi) is 3.97. The van der Waals surface area contributed by atoms with Crippen LogP contribution in [-0.2, 0) is 0 Å². The maximum atomic E-state index is 12.0. The number of carbonyl (C=O) groups excluding carboxylic acids is 1. The van der Waals surface area contributed by atoms with Crippen LogP contribution in [0.5, 0.6) is 5.88 Å². The van der Waals surface area contributed by atoms with Gasteiger partial charge in [0.1, 0.15) is 0 Å². The fourth-order valence-electron chi connectivity index (χ4n) is 1.69. The molecule has 0 fully saturated rings. The Morgan fingerprint density at radius 3 is 3.09 bits per heavy atom. The van der Waals surface area contributed by atoms with Crippen LogP contribution in [0.4, 0.5) is 5.95 Å². The SMILES string of the molecule is COc1ccnc(NNC(=O)c2cc(-c3cccs3)[nH]n2)n1. The first kappa shape index (κ1) is 14.0. The van der Waals surface area contributed by atoms with Crippen molar-refractivity contribution < 1.29 is 9.53 Å². The first-order chi connectivity index (χ1) is 10.8. The molecule has 0 spiro atoms. The molecule has 0 bridgehead atoms. The number of aromatic amines is 1. The molecule has 0 aromatic carbocycles. The molecule has 0 aliphatic carbocycles. The summed E-state index contributed by atoms with van der Waals surface area (Å²) in [7, 11) is 1.50. The number of nitrogens with zero attached hydrogens (tertiary/aromatic N) is 3. The average Bonchev–Trinajstić information content (AvgIpc) is 3.23. The number of nitrogens with one attached hydrogen (secondary N) is 3. The number of amides is 1. The van der Waals surface area contributed by atoms with E-state index in [1.165, 1.54) is 13.3 Å². The first-order valence-electron chi connectivity index (χ1n) is 6.29. The van der Waals surface area contributed by atoms with E-state index in [1.54, 1.807) is 23.5 Å². The number of hydrogen-bond donors (Lipinski definition) is 3. The average molecular weight is 316 g/mol. The van der Waals surface area contributed by atoms with Crippen molar-refractivity contribution in [2.75, 3.05) is 12.5 Å². The van der Waals surface area contributed by atoms with Gasteiger partial charge in [-0.05, 0) is 17.5 Å². The van der Waals surface area contributed by atoms with Gasteiger partial charge in [-0.15, -0.1) is 11.3 Å². The summed E-state index contributed by atoms with van der Waals surface area (Å²) in [5.74, 6) is 0.221. The molecule has 0 radical (unpaired) electrons. The van der Waals surface area contributed by atoms with Gasteiger partial charge in [-0.3, -0.25) is 20.7 Å². The normalized spacial score (nSPS) is 10.2. The van der Waals surface area contributed by atoms with Gasteiger partial charge in [0.15, 0.2) is 5.69 Å². The van der Waals surface area contributed by atoms with E-state index in [0.29, 0.717) is 5.88 Å². The zero-order valence-electron chi connectivity index (χ0n) is 11.5. The lowest BCUT2D eigenvalue weighted by Gasteiger charge is -2.05. The van der Waals surface area contributed by atoms with Crippen LogP contribution in [0.15, 0.2) is 35.8 Å². The maximum Gasteiger partial charge on any atom is 0.290 e. The largest absolute Gasteiger partial charge is 0.481 e. The van der Waals surface area contributed by atoms with E-state index in [2.05, 4.69) is 31.0 Å². The number of anilines is 1. The van der Waals surface area contributed by atoms with Gasteiger partial charge in [0.05, 0.1) is 17.7 Å². The van der Waals surface area contributed by atoms with Crippen LogP contribution >= 0.6 is 11.3 Å². The molecule has 3 aromatic rings. The highest BCUT2D eigenvalue weighted by Gasteiger charge is 2.12. The summed E-state index contributed by atoms with van der Waals surface area (Å²) >= 11 is 1.56. The highest BCUT2D eigenvalue weighted by Crippen LogP contribution is 2.22. The summed E-state index contributed by atoms with van der Waals surface area (Å²) in [6, 6.07) is 7.16. The van der Waals surface area contributed by atoms with Gasteiger partial charge in [0, 0.05) is 12.3 Å². The molecular weight excluding hydrogens is 304 g/mol. The van der Waals surface area contributed by atoms with Crippen molar-refractivity contribution in [3.63, 3.8) is 0 Å². The van der Waals surface area contributed by atoms with Gasteiger partial charge in [-0.25, -0.2) is 4.98 Å². The highest BCUT2D eigenvalue weighted by atomic mass is 32.1. The second-order valence-electron chi connectivity index (χ2n) is 4.15. The van der Waals surface area contributed by atoms with Gasteiger partial charge in [-0.1, -0.05) is 6.07 Å². The maximum absolute atomic E-state index is 12.0. The Bertz CT molecular complexity index is 770. The van der Waals surface area contributed by atoms with Crippen LogP contribution in [0.3, 0.4) is 0 Å². The molecule has 3 rings (SSSR count). The third-order valence-electron chi connectivity index (χ3n) is 2.72. The second-order valence-corrected chi connectivity index (χ2v) is 5.09. The molecule has 0 aliphatic rings. The minimum Gasteiger partial charge on any atom is -0.481 e. The number of hydrogen-bond acceptors (Lipinski definition) is 7. The third-order valence-corrected chi connectivity index (χ3v) is 3.63. The van der Waals surface area contributed by atoms with E-state index in [-0.39, 0.29) is 11.6 Å². The van der Waals surface area contributed by atoms with E-state index in [4.69, 9.17) is 4.74 Å². The van der Waals surface area contributed by atoms with Crippen LogP contribution in [0, 0.1) is 0 Å². The van der Waals surface area contributed by atoms with Crippen molar-refractivity contribution in [3.8, 4) is 16.5 Å². The number of carbonyl (C=O) groups is 1. The summed E-state index contributed by atoms with van der Waals surface area (Å²) in [4.78, 5) is 21.0. The van der Waals surface area contributed by atoms with Crippen LogP contribution in [0.25, 0.3) is 10.6 Å². The van der Waals surface area contributed by atoms with Gasteiger partial charge >= 0.3 is 0 Å². The van der Waals surface area contributed by atoms with Crippen LogP contribution < -0.4 is 15.6 Å². The van der Waals surface area contributed by atoms with Crippen molar-refractivity contribution >= 4 is 23.2 Å². The Balaban J connectivity index is 1.64. The van der Waals surface area contributed by atoms with Crippen LogP contribution in [0.1, 0.15) is 10.5 Å². The number of ether oxygens (including phenoxy) is 1. The molecule has 3 N–H and O–H groups in total. The van der Waals surface area contributed by atoms with E-state index >= 15 is 0 Å². The first-order valence-corrected chi connectivity index (χ1v) is 7.17. The lowest BCUT2D eigenvalue weighted by Crippen LogP contribution is -2.30. The molecule has 112 valence electrons. The monoisotopic (exact) mass is 316 g/mol. The number of rotatable bonds is 5. The van der Waals surface area contributed by atoms with Crippen molar-refractivity contribution in [3.05, 3.63) is 41.5 Å². The predicted molar refractivity (Wildman–Crippen MR) is 81.6 cm³/mol. The summed E-state index contributed by atoms with van der Waals surface area (Å²) in [6.45, 7) is 0. The molecule has 0 saturated heterocycles. The predicted octanol–water partition coefficient (Wildman–Crippen LogP) is 1.69. The Morgan fingerprint density at radius 1 is 1.41 bits per heavy atom. The molecule has 22 heavy (non-hydrogen) atoms. The molecule has 3 heterocycles. The molecule has 8 nitrogen and oxygen atoms in total. The molecule has 0 atom stereocenters. The van der Waals surface area contributed by atoms with Crippen LogP contribution in [0.2, 0.25) is 0 Å². The summed E-state index contributed by atoms with van der Waals surface area (Å²) in [5.41, 5.74) is 6.14. The molecule has 9 heteroatoms. The highest BCUT2D eigenvalue weighted by molar-refractivity contribution is 7.13. The summed E-state index contributed by atoms with van der Waals surface area (Å²) in [5, 5.41) is 8.76. The van der Waals surface area contributed by atoms with Gasteiger partial charge in [0.25, 0.3) is 5.91 Å². The van der Waals surface area contributed by atoms with E-state index in [0.717, 1.165) is 10.6 Å². The van der Waals surface area contributed by atoms with Crippen molar-refractivity contribution in [2.45, 2.75) is 0 Å². The molecule has 3 aromatic heterocycles. The fraction of sp³-hybridized carbons (Fsp3) is 0.0769. The quantitative estimate of drug-likeness (QED) is 0.619. The number of aromatic nitrogens is 4. The lowest BCUT2D eigenvalue weighted by atomic mass is 10.3. The lowest BCUT2D eigenvalue weighted by molar-refractivity contribution is 0.0957. The molecule has 0 aliphatic heterocycles. The van der Waals surface area contributed by atoms with Crippen molar-refractivity contribution in [1.82, 2.24) is 25.6 Å². The van der Waals surface area contributed by atoms with Crippen LogP contribution in [-0.4, -0.2) is 33.2 Å². The van der Waals surface area contributed by atoms with E-state index < -0.39 is 5.91 Å². The van der Waals surface area contributed by atoms with Crippen molar-refractivity contribution in [1.29, 1.82) is 0 Å². The second kappa shape index (κ2) is 6.22. The van der Waals surface area contributed by atoms with Gasteiger partial charge < -0.3 is 4.74 Å². The minimum atomic E-state index is -0.398. The zero-order chi connectivity index (χ0) is 15.4. The summed E-state index contributed by atoms with van der Waals surface area (Å²) in [6.07, 6.45) is 1.52. The third kappa shape index (κ3) is 3.04. The number of thiophene rings is 1. The van der Waals surface area contributed by atoms with Gasteiger partial charge in [-0.2, -0.15) is 10.1 Å². The Hall–Kier alpha value is -2.94. The Labute approximate surface area is 129 Å². The van der Waals surface area contributed by atoms with E-state index in [1.807, 2.05) is 17.5 Å². The smallest absolute Gasteiger partial charge is 0.290 e. The van der Waals surface area contributed by atoms with E-state index in [9.17, 15) is 4.79 Å². The minimum absolute atomic E-state index is 0.224. The van der Waals surface area contributed by atoms with Gasteiger partial charge in [0.2, 0.25) is 11.8 Å². The Morgan fingerprint density at radius 2 is 2.32 bits per heavy atom. The molecule has 1 amide bonds. The zero-order valence-corrected chi connectivity index (χ0v) is 12.3. The fourth-order valence-corrected chi connectivity index (χ4v) is 2.38. The molecule has 0 unspecified atom stereocenters. The number of methoxy groups -OCH3 is 1. The molecular formula is C13H12N6O2S. The number of hydrazine groups is 1. The van der Waals surface area contributed by atoms with Crippen molar-refractivity contribution in [2.24, 2.45) is 0 Å². The topological polar surface area (TPSA) is 105 Å². The summed E-state index contributed by atoms with van der Waals surface area (Å²) < 4.78 is 4.97. The standard InChI is InChI=1S/C13H12N6O2S/c1-21-11-4-5-14-13(15-11)19-18-12(20)9-7-8(16-17-9)10-3-2-6-22-10/h2-7H,1H3,(H,16,17)(H,18,20)(H,14,15,19). The number of H-pyrrole nitrogens is 1.